The molecule has 6 nitrogen and oxygen atoms in total. The molecule has 1 amide bonds. The molecular weight excluding hydrogens is 350 g/mol. The largest absolute Gasteiger partial charge is 0.487 e. The average molecular weight is 371 g/mol. The average Bonchev–Trinajstić information content (AvgIpc) is 2.94. The molecule has 7 heteroatoms. The summed E-state index contributed by atoms with van der Waals surface area (Å²) in [5, 5.41) is 2.86. The van der Waals surface area contributed by atoms with Gasteiger partial charge in [0.2, 0.25) is 5.91 Å². The number of carbonyl (C=O) groups excluding carboxylic acids is 1. The van der Waals surface area contributed by atoms with Gasteiger partial charge in [-0.25, -0.2) is 4.98 Å². The Morgan fingerprint density at radius 2 is 1.96 bits per heavy atom. The van der Waals surface area contributed by atoms with Crippen LogP contribution in [-0.4, -0.2) is 15.3 Å². The van der Waals surface area contributed by atoms with Crippen molar-refractivity contribution in [3.8, 4) is 5.75 Å². The molecule has 26 heavy (non-hydrogen) atoms. The van der Waals surface area contributed by atoms with Crippen molar-refractivity contribution < 1.29 is 9.53 Å². The minimum atomic E-state index is -0.451. The third-order valence-electron chi connectivity index (χ3n) is 3.72. The number of rotatable bonds is 4. The second-order valence-electron chi connectivity index (χ2n) is 7.10. The van der Waals surface area contributed by atoms with E-state index < -0.39 is 5.41 Å². The van der Waals surface area contributed by atoms with Crippen molar-refractivity contribution in [2.24, 2.45) is 5.41 Å². The summed E-state index contributed by atoms with van der Waals surface area (Å²) in [5.74, 6) is 0.596. The topological polar surface area (TPSA) is 72.7 Å². The fourth-order valence-electron chi connectivity index (χ4n) is 2.24. The molecule has 3 rings (SSSR count). The third-order valence-corrected chi connectivity index (χ3v) is 4.61. The number of nitrogens with zero attached hydrogens (tertiary/aromatic N) is 2. The van der Waals surface area contributed by atoms with E-state index in [0.717, 1.165) is 4.88 Å². The molecule has 1 N–H and O–H groups in total. The van der Waals surface area contributed by atoms with Gasteiger partial charge in [-0.2, -0.15) is 0 Å². The van der Waals surface area contributed by atoms with Crippen LogP contribution in [0.5, 0.6) is 5.75 Å². The maximum absolute atomic E-state index is 12.1. The number of nitrogens with one attached hydrogen (secondary N) is 1. The van der Waals surface area contributed by atoms with Crippen molar-refractivity contribution in [3.05, 3.63) is 57.5 Å². The monoisotopic (exact) mass is 371 g/mol. The minimum absolute atomic E-state index is 0.0459. The van der Waals surface area contributed by atoms with Crippen LogP contribution in [0, 0.1) is 12.3 Å². The van der Waals surface area contributed by atoms with Gasteiger partial charge in [-0.1, -0.05) is 20.8 Å². The molecule has 0 saturated heterocycles. The Bertz CT molecular complexity index is 998. The number of thiazole rings is 1. The number of aromatic nitrogens is 2. The first kappa shape index (κ1) is 18.1. The lowest BCUT2D eigenvalue weighted by atomic mass is 9.95. The van der Waals surface area contributed by atoms with Crippen molar-refractivity contribution >= 4 is 27.9 Å². The maximum atomic E-state index is 12.1. The van der Waals surface area contributed by atoms with Gasteiger partial charge in [0, 0.05) is 28.2 Å². The molecule has 1 aromatic carbocycles. The Labute approximate surface area is 155 Å². The van der Waals surface area contributed by atoms with Gasteiger partial charge in [0.1, 0.15) is 12.4 Å². The van der Waals surface area contributed by atoms with Crippen LogP contribution in [0.4, 0.5) is 5.69 Å². The zero-order chi connectivity index (χ0) is 18.9. The summed E-state index contributed by atoms with van der Waals surface area (Å²) in [6.07, 6.45) is 1.78. The highest BCUT2D eigenvalue weighted by molar-refractivity contribution is 7.16. The van der Waals surface area contributed by atoms with E-state index in [0.29, 0.717) is 22.1 Å². The molecule has 0 aliphatic carbocycles. The zero-order valence-electron chi connectivity index (χ0n) is 15.2. The van der Waals surface area contributed by atoms with Crippen LogP contribution in [-0.2, 0) is 11.4 Å². The lowest BCUT2D eigenvalue weighted by molar-refractivity contribution is -0.123. The van der Waals surface area contributed by atoms with Crippen molar-refractivity contribution in [1.29, 1.82) is 0 Å². The summed E-state index contributed by atoms with van der Waals surface area (Å²) in [7, 11) is 0. The number of aryl methyl sites for hydroxylation is 1. The zero-order valence-corrected chi connectivity index (χ0v) is 16.0. The Balaban J connectivity index is 1.67. The van der Waals surface area contributed by atoms with Gasteiger partial charge < -0.3 is 10.1 Å². The first-order chi connectivity index (χ1) is 12.2. The third kappa shape index (κ3) is 4.11. The highest BCUT2D eigenvalue weighted by Gasteiger charge is 2.21. The van der Waals surface area contributed by atoms with E-state index in [2.05, 4.69) is 10.3 Å². The number of fused-ring (bicyclic) bond motifs is 1. The molecular formula is C19H21N3O3S. The summed E-state index contributed by atoms with van der Waals surface area (Å²) in [5.41, 5.74) is 0.734. The predicted molar refractivity (Wildman–Crippen MR) is 103 cm³/mol. The van der Waals surface area contributed by atoms with Crippen LogP contribution < -0.4 is 15.6 Å². The molecule has 2 aromatic heterocycles. The van der Waals surface area contributed by atoms with Crippen LogP contribution in [0.25, 0.3) is 4.96 Å². The lowest BCUT2D eigenvalue weighted by Crippen LogP contribution is -2.27. The van der Waals surface area contributed by atoms with Gasteiger partial charge in [-0.3, -0.25) is 14.0 Å². The summed E-state index contributed by atoms with van der Waals surface area (Å²) in [4.78, 5) is 30.2. The summed E-state index contributed by atoms with van der Waals surface area (Å²) >= 11 is 1.47. The second kappa shape index (κ2) is 6.92. The molecule has 0 bridgehead atoms. The van der Waals surface area contributed by atoms with Crippen LogP contribution in [0.3, 0.4) is 0 Å². The fraction of sp³-hybridized carbons (Fsp3) is 0.316. The Hall–Kier alpha value is -2.67. The highest BCUT2D eigenvalue weighted by atomic mass is 32.1. The molecule has 0 spiro atoms. The van der Waals surface area contributed by atoms with Crippen molar-refractivity contribution in [3.63, 3.8) is 0 Å². The van der Waals surface area contributed by atoms with Crippen LogP contribution in [0.1, 0.15) is 31.3 Å². The van der Waals surface area contributed by atoms with Gasteiger partial charge in [0.15, 0.2) is 4.96 Å². The van der Waals surface area contributed by atoms with Gasteiger partial charge in [0.25, 0.3) is 5.56 Å². The van der Waals surface area contributed by atoms with Crippen LogP contribution in [0.2, 0.25) is 0 Å². The molecule has 0 fully saturated rings. The summed E-state index contributed by atoms with van der Waals surface area (Å²) in [6, 6.07) is 8.61. The van der Waals surface area contributed by atoms with Crippen molar-refractivity contribution in [2.45, 2.75) is 34.3 Å². The molecule has 0 aliphatic heterocycles. The van der Waals surface area contributed by atoms with Crippen LogP contribution >= 0.6 is 11.3 Å². The summed E-state index contributed by atoms with van der Waals surface area (Å²) in [6.45, 7) is 7.73. The highest BCUT2D eigenvalue weighted by Crippen LogP contribution is 2.20. The Kier molecular flexibility index (Phi) is 4.82. The number of anilines is 1. The molecule has 2 heterocycles. The molecule has 0 atom stereocenters. The number of amides is 1. The van der Waals surface area contributed by atoms with E-state index in [1.807, 2.05) is 27.7 Å². The number of ether oxygens (including phenoxy) is 1. The molecule has 136 valence electrons. The number of hydrogen-bond donors (Lipinski definition) is 1. The van der Waals surface area contributed by atoms with E-state index in [1.54, 1.807) is 30.5 Å². The maximum Gasteiger partial charge on any atom is 0.258 e. The number of benzene rings is 1. The SMILES string of the molecule is Cc1cn2c(=O)cc(COc3ccc(NC(=O)C(C)(C)C)cc3)nc2s1. The Morgan fingerprint density at radius 3 is 2.62 bits per heavy atom. The predicted octanol–water partition coefficient (Wildman–Crippen LogP) is 3.63. The second-order valence-corrected chi connectivity index (χ2v) is 8.31. The van der Waals surface area contributed by atoms with E-state index >= 15 is 0 Å². The lowest BCUT2D eigenvalue weighted by Gasteiger charge is -2.17. The van der Waals surface area contributed by atoms with E-state index in [9.17, 15) is 9.59 Å². The molecule has 0 radical (unpaired) electrons. The molecule has 0 unspecified atom stereocenters. The Morgan fingerprint density at radius 1 is 1.27 bits per heavy atom. The molecule has 3 aromatic rings. The minimum Gasteiger partial charge on any atom is -0.487 e. The fourth-order valence-corrected chi connectivity index (χ4v) is 3.09. The van der Waals surface area contributed by atoms with Gasteiger partial charge in [0.05, 0.1) is 5.69 Å². The normalized spacial score (nSPS) is 11.5. The van der Waals surface area contributed by atoms with Crippen molar-refractivity contribution in [1.82, 2.24) is 9.38 Å². The van der Waals surface area contributed by atoms with Gasteiger partial charge in [-0.05, 0) is 31.2 Å². The number of carbonyl (C=O) groups is 1. The smallest absolute Gasteiger partial charge is 0.258 e. The standard InChI is InChI=1S/C19H21N3O3S/c1-12-10-22-16(23)9-14(21-18(22)26-12)11-25-15-7-5-13(6-8-15)20-17(24)19(2,3)4/h5-10H,11H2,1-4H3,(H,20,24). The van der Waals surface area contributed by atoms with E-state index in [4.69, 9.17) is 4.74 Å². The summed E-state index contributed by atoms with van der Waals surface area (Å²) < 4.78 is 7.25. The molecule has 0 saturated carbocycles. The van der Waals surface area contributed by atoms with Crippen molar-refractivity contribution in [2.75, 3.05) is 5.32 Å². The van der Waals surface area contributed by atoms with Crippen LogP contribution in [0.15, 0.2) is 41.3 Å². The van der Waals surface area contributed by atoms with E-state index in [1.165, 1.54) is 21.8 Å². The van der Waals surface area contributed by atoms with Gasteiger partial charge in [-0.15, -0.1) is 11.3 Å². The molecule has 0 aliphatic rings. The quantitative estimate of drug-likeness (QED) is 0.760. The van der Waals surface area contributed by atoms with Gasteiger partial charge >= 0.3 is 0 Å². The first-order valence-corrected chi connectivity index (χ1v) is 9.07. The first-order valence-electron chi connectivity index (χ1n) is 8.25. The van der Waals surface area contributed by atoms with E-state index in [-0.39, 0.29) is 18.1 Å². The number of hydrogen-bond acceptors (Lipinski definition) is 5.